The number of nitrogens with zero attached hydrogens (tertiary/aromatic N) is 1. The number of benzene rings is 1. The van der Waals surface area contributed by atoms with E-state index in [0.717, 1.165) is 25.9 Å². The first-order valence-corrected chi connectivity index (χ1v) is 10.5. The van der Waals surface area contributed by atoms with Gasteiger partial charge in [-0.2, -0.15) is 0 Å². The van der Waals surface area contributed by atoms with Gasteiger partial charge in [0.05, 0.1) is 5.75 Å². The van der Waals surface area contributed by atoms with Crippen molar-refractivity contribution in [3.8, 4) is 0 Å². The van der Waals surface area contributed by atoms with Crippen LogP contribution in [0.5, 0.6) is 0 Å². The second-order valence-corrected chi connectivity index (χ2v) is 9.25. The Morgan fingerprint density at radius 1 is 1.26 bits per heavy atom. The molecule has 130 valence electrons. The third-order valence-electron chi connectivity index (χ3n) is 4.74. The fraction of sp³-hybridized carbons (Fsp3) is 0.667. The molecule has 0 radical (unpaired) electrons. The standard InChI is InChI=1S/C18H30N2O2S/c1-14-5-6-18(15(2)13-14)16(3)19-17-7-9-20(10-8-17)11-12-23(4,21)22/h5-6,13,16-17,19H,7-12H2,1-4H3/t16-/m0/s1. The molecule has 23 heavy (non-hydrogen) atoms. The van der Waals surface area contributed by atoms with Crippen LogP contribution in [-0.4, -0.2) is 51.0 Å². The summed E-state index contributed by atoms with van der Waals surface area (Å²) >= 11 is 0. The highest BCUT2D eigenvalue weighted by atomic mass is 32.2. The third kappa shape index (κ3) is 5.90. The van der Waals surface area contributed by atoms with Crippen LogP contribution >= 0.6 is 0 Å². The van der Waals surface area contributed by atoms with Gasteiger partial charge in [0, 0.05) is 24.9 Å². The zero-order valence-electron chi connectivity index (χ0n) is 14.8. The highest BCUT2D eigenvalue weighted by molar-refractivity contribution is 7.90. The molecule has 0 saturated carbocycles. The predicted molar refractivity (Wildman–Crippen MR) is 96.6 cm³/mol. The molecule has 0 aromatic heterocycles. The first-order valence-electron chi connectivity index (χ1n) is 8.48. The van der Waals surface area contributed by atoms with Crippen LogP contribution in [0.3, 0.4) is 0 Å². The van der Waals surface area contributed by atoms with E-state index in [2.05, 4.69) is 49.2 Å². The van der Waals surface area contributed by atoms with Crippen LogP contribution in [-0.2, 0) is 9.84 Å². The molecular weight excluding hydrogens is 308 g/mol. The lowest BCUT2D eigenvalue weighted by molar-refractivity contribution is 0.201. The molecule has 0 aliphatic carbocycles. The summed E-state index contributed by atoms with van der Waals surface area (Å²) in [5.41, 5.74) is 4.02. The Hall–Kier alpha value is -0.910. The molecule has 1 aromatic carbocycles. The summed E-state index contributed by atoms with van der Waals surface area (Å²) in [6.07, 6.45) is 3.48. The van der Waals surface area contributed by atoms with Gasteiger partial charge in [-0.05, 0) is 57.8 Å². The summed E-state index contributed by atoms with van der Waals surface area (Å²) in [5.74, 6) is 0.268. The minimum atomic E-state index is -2.86. The van der Waals surface area contributed by atoms with Crippen LogP contribution in [0.25, 0.3) is 0 Å². The molecule has 0 spiro atoms. The lowest BCUT2D eigenvalue weighted by atomic mass is 9.97. The minimum absolute atomic E-state index is 0.268. The number of rotatable bonds is 6. The van der Waals surface area contributed by atoms with E-state index in [4.69, 9.17) is 0 Å². The zero-order valence-corrected chi connectivity index (χ0v) is 15.6. The maximum absolute atomic E-state index is 11.3. The van der Waals surface area contributed by atoms with Crippen LogP contribution in [0.15, 0.2) is 18.2 Å². The third-order valence-corrected chi connectivity index (χ3v) is 5.67. The normalized spacial score (nSPS) is 19.0. The van der Waals surface area contributed by atoms with Crippen LogP contribution < -0.4 is 5.32 Å². The fourth-order valence-electron chi connectivity index (χ4n) is 3.37. The molecule has 1 aliphatic rings. The Labute approximate surface area is 141 Å². The Bertz CT molecular complexity index is 620. The van der Waals surface area contributed by atoms with Gasteiger partial charge in [-0.25, -0.2) is 8.42 Å². The number of sulfone groups is 1. The van der Waals surface area contributed by atoms with E-state index >= 15 is 0 Å². The van der Waals surface area contributed by atoms with Gasteiger partial charge in [-0.15, -0.1) is 0 Å². The summed E-state index contributed by atoms with van der Waals surface area (Å²) in [6.45, 7) is 9.15. The van der Waals surface area contributed by atoms with Gasteiger partial charge in [0.2, 0.25) is 0 Å². The van der Waals surface area contributed by atoms with Crippen LogP contribution in [0.1, 0.15) is 42.5 Å². The lowest BCUT2D eigenvalue weighted by Crippen LogP contribution is -2.44. The van der Waals surface area contributed by atoms with Gasteiger partial charge in [0.25, 0.3) is 0 Å². The van der Waals surface area contributed by atoms with Crippen molar-refractivity contribution in [2.24, 2.45) is 0 Å². The minimum Gasteiger partial charge on any atom is -0.307 e. The van der Waals surface area contributed by atoms with Crippen molar-refractivity contribution < 1.29 is 8.42 Å². The highest BCUT2D eigenvalue weighted by Gasteiger charge is 2.21. The smallest absolute Gasteiger partial charge is 0.148 e. The van der Waals surface area contributed by atoms with Gasteiger partial charge >= 0.3 is 0 Å². The van der Waals surface area contributed by atoms with Crippen molar-refractivity contribution in [2.45, 2.75) is 45.7 Å². The molecule has 4 nitrogen and oxygen atoms in total. The topological polar surface area (TPSA) is 49.4 Å². The van der Waals surface area contributed by atoms with Crippen LogP contribution in [0.2, 0.25) is 0 Å². The van der Waals surface area contributed by atoms with Gasteiger partial charge < -0.3 is 10.2 Å². The first kappa shape index (κ1) is 18.4. The van der Waals surface area contributed by atoms with Crippen molar-refractivity contribution in [3.63, 3.8) is 0 Å². The second-order valence-electron chi connectivity index (χ2n) is 6.99. The van der Waals surface area contributed by atoms with E-state index < -0.39 is 9.84 Å². The van der Waals surface area contributed by atoms with Gasteiger partial charge in [0.15, 0.2) is 0 Å². The van der Waals surface area contributed by atoms with Crippen molar-refractivity contribution >= 4 is 9.84 Å². The van der Waals surface area contributed by atoms with Crippen LogP contribution in [0, 0.1) is 13.8 Å². The number of hydrogen-bond donors (Lipinski definition) is 1. The summed E-state index contributed by atoms with van der Waals surface area (Å²) in [7, 11) is -2.86. The Morgan fingerprint density at radius 3 is 2.48 bits per heavy atom. The average Bonchev–Trinajstić information content (AvgIpc) is 2.45. The van der Waals surface area contributed by atoms with E-state index in [1.165, 1.54) is 22.9 Å². The van der Waals surface area contributed by atoms with E-state index in [0.29, 0.717) is 18.6 Å². The van der Waals surface area contributed by atoms with Crippen molar-refractivity contribution in [2.75, 3.05) is 31.6 Å². The van der Waals surface area contributed by atoms with Gasteiger partial charge in [-0.3, -0.25) is 0 Å². The summed E-state index contributed by atoms with van der Waals surface area (Å²) < 4.78 is 22.5. The Balaban J connectivity index is 1.81. The molecule has 1 heterocycles. The number of piperidine rings is 1. The van der Waals surface area contributed by atoms with Gasteiger partial charge in [0.1, 0.15) is 9.84 Å². The molecule has 1 fully saturated rings. The molecule has 0 amide bonds. The van der Waals surface area contributed by atoms with E-state index in [-0.39, 0.29) is 5.75 Å². The van der Waals surface area contributed by atoms with Crippen molar-refractivity contribution in [1.29, 1.82) is 0 Å². The number of likely N-dealkylation sites (tertiary alicyclic amines) is 1. The molecule has 1 aliphatic heterocycles. The summed E-state index contributed by atoms with van der Waals surface area (Å²) in [5, 5.41) is 3.74. The van der Waals surface area contributed by atoms with E-state index in [1.54, 1.807) is 0 Å². The molecule has 1 N–H and O–H groups in total. The quantitative estimate of drug-likeness (QED) is 0.866. The van der Waals surface area contributed by atoms with Gasteiger partial charge in [-0.1, -0.05) is 23.8 Å². The molecule has 2 rings (SSSR count). The molecule has 0 unspecified atom stereocenters. The van der Waals surface area contributed by atoms with E-state index in [1.807, 2.05) is 0 Å². The lowest BCUT2D eigenvalue weighted by Gasteiger charge is -2.34. The fourth-order valence-corrected chi connectivity index (χ4v) is 3.96. The zero-order chi connectivity index (χ0) is 17.0. The highest BCUT2D eigenvalue weighted by Crippen LogP contribution is 2.21. The molecule has 0 bridgehead atoms. The first-order chi connectivity index (χ1) is 10.7. The predicted octanol–water partition coefficient (Wildman–Crippen LogP) is 2.46. The maximum atomic E-state index is 11.3. The Morgan fingerprint density at radius 2 is 1.91 bits per heavy atom. The number of nitrogens with one attached hydrogen (secondary N) is 1. The summed E-state index contributed by atoms with van der Waals surface area (Å²) in [4.78, 5) is 2.26. The average molecular weight is 339 g/mol. The molecule has 1 atom stereocenters. The molecule has 1 aromatic rings. The van der Waals surface area contributed by atoms with Crippen molar-refractivity contribution in [3.05, 3.63) is 34.9 Å². The largest absolute Gasteiger partial charge is 0.307 e. The molecule has 5 heteroatoms. The molecule has 1 saturated heterocycles. The summed E-state index contributed by atoms with van der Waals surface area (Å²) in [6, 6.07) is 7.50. The maximum Gasteiger partial charge on any atom is 0.148 e. The number of aryl methyl sites for hydroxylation is 2. The van der Waals surface area contributed by atoms with Crippen molar-refractivity contribution in [1.82, 2.24) is 10.2 Å². The Kier molecular flexibility index (Phi) is 6.23. The van der Waals surface area contributed by atoms with E-state index in [9.17, 15) is 8.42 Å². The monoisotopic (exact) mass is 338 g/mol. The SMILES string of the molecule is Cc1ccc([C@H](C)NC2CCN(CCS(C)(=O)=O)CC2)c(C)c1. The number of hydrogen-bond acceptors (Lipinski definition) is 4. The van der Waals surface area contributed by atoms with Crippen LogP contribution in [0.4, 0.5) is 0 Å². The molecular formula is C18H30N2O2S. The second kappa shape index (κ2) is 7.77.